The Bertz CT molecular complexity index is 1590. The molecule has 0 aliphatic carbocycles. The summed E-state index contributed by atoms with van der Waals surface area (Å²) in [4.78, 5) is 30.3. The summed E-state index contributed by atoms with van der Waals surface area (Å²) in [5, 5.41) is 1.54. The molecule has 36 heavy (non-hydrogen) atoms. The normalized spacial score (nSPS) is 11.0. The molecule has 0 atom stereocenters. The molecule has 2 heterocycles. The fourth-order valence-corrected chi connectivity index (χ4v) is 4.67. The average molecular weight is 498 g/mol. The summed E-state index contributed by atoms with van der Waals surface area (Å²) in [6.07, 6.45) is 0. The highest BCUT2D eigenvalue weighted by Crippen LogP contribution is 2.28. The van der Waals surface area contributed by atoms with E-state index in [9.17, 15) is 9.59 Å². The summed E-state index contributed by atoms with van der Waals surface area (Å²) in [5.74, 6) is 0.584. The van der Waals surface area contributed by atoms with Crippen molar-refractivity contribution in [3.05, 3.63) is 112 Å². The Morgan fingerprint density at radius 3 is 2.64 bits per heavy atom. The van der Waals surface area contributed by atoms with Gasteiger partial charge in [-0.05, 0) is 49.4 Å². The molecule has 0 amide bonds. The largest absolute Gasteiger partial charge is 0.487 e. The minimum atomic E-state index is -0.645. The first kappa shape index (κ1) is 23.6. The first-order chi connectivity index (χ1) is 17.6. The zero-order chi connectivity index (χ0) is 24.9. The van der Waals surface area contributed by atoms with E-state index in [2.05, 4.69) is 4.98 Å². The summed E-state index contributed by atoms with van der Waals surface area (Å²) < 4.78 is 16.7. The van der Waals surface area contributed by atoms with Crippen LogP contribution in [0.5, 0.6) is 5.75 Å². The van der Waals surface area contributed by atoms with Crippen molar-refractivity contribution in [2.75, 3.05) is 6.61 Å². The number of fused-ring (bicyclic) bond motifs is 2. The number of nitrogens with zero attached hydrogens (tertiary/aromatic N) is 1. The number of pyridine rings is 1. The first-order valence-electron chi connectivity index (χ1n) is 11.5. The van der Waals surface area contributed by atoms with Crippen molar-refractivity contribution >= 4 is 39.6 Å². The molecule has 0 saturated heterocycles. The minimum Gasteiger partial charge on any atom is -0.487 e. The van der Waals surface area contributed by atoms with Crippen LogP contribution in [0.25, 0.3) is 21.9 Å². The molecular formula is C29H23NO5S. The van der Waals surface area contributed by atoms with Gasteiger partial charge in [0.15, 0.2) is 5.43 Å². The number of para-hydroxylation sites is 2. The van der Waals surface area contributed by atoms with Crippen molar-refractivity contribution in [2.45, 2.75) is 24.2 Å². The lowest BCUT2D eigenvalue weighted by Gasteiger charge is -2.09. The van der Waals surface area contributed by atoms with Gasteiger partial charge in [0.1, 0.15) is 17.9 Å². The Kier molecular flexibility index (Phi) is 7.00. The SMILES string of the molecule is CCOC(=O)c1cc(=O)c2cccc(CSc3ccc(OCc4ccc5ccccc5n4)cc3)c2o1. The summed E-state index contributed by atoms with van der Waals surface area (Å²) in [6.45, 7) is 2.29. The van der Waals surface area contributed by atoms with Crippen LogP contribution in [0.15, 0.2) is 99.0 Å². The monoisotopic (exact) mass is 497 g/mol. The third-order valence-corrected chi connectivity index (χ3v) is 6.63. The maximum atomic E-state index is 12.5. The van der Waals surface area contributed by atoms with Crippen LogP contribution in [-0.2, 0) is 17.1 Å². The van der Waals surface area contributed by atoms with Crippen LogP contribution >= 0.6 is 11.8 Å². The quantitative estimate of drug-likeness (QED) is 0.182. The number of carbonyl (C=O) groups excluding carboxylic acids is 1. The number of hydrogen-bond donors (Lipinski definition) is 0. The molecule has 0 saturated carbocycles. The van der Waals surface area contributed by atoms with Gasteiger partial charge in [0.2, 0.25) is 5.76 Å². The van der Waals surface area contributed by atoms with Crippen LogP contribution in [0.4, 0.5) is 0 Å². The van der Waals surface area contributed by atoms with Crippen LogP contribution in [0, 0.1) is 0 Å². The van der Waals surface area contributed by atoms with E-state index in [-0.39, 0.29) is 17.8 Å². The second kappa shape index (κ2) is 10.7. The van der Waals surface area contributed by atoms with E-state index in [1.54, 1.807) is 24.8 Å². The average Bonchev–Trinajstić information content (AvgIpc) is 2.91. The summed E-state index contributed by atoms with van der Waals surface area (Å²) >= 11 is 1.60. The Morgan fingerprint density at radius 2 is 1.81 bits per heavy atom. The van der Waals surface area contributed by atoms with Gasteiger partial charge in [-0.25, -0.2) is 9.78 Å². The van der Waals surface area contributed by atoms with Crippen molar-refractivity contribution in [1.82, 2.24) is 4.98 Å². The van der Waals surface area contributed by atoms with E-state index in [0.29, 0.717) is 23.3 Å². The molecule has 0 bridgehead atoms. The van der Waals surface area contributed by atoms with Crippen LogP contribution in [0.3, 0.4) is 0 Å². The maximum absolute atomic E-state index is 12.5. The van der Waals surface area contributed by atoms with E-state index in [1.165, 1.54) is 6.07 Å². The van der Waals surface area contributed by atoms with Crippen LogP contribution in [0.1, 0.15) is 28.7 Å². The van der Waals surface area contributed by atoms with E-state index in [1.807, 2.05) is 72.8 Å². The molecule has 3 aromatic carbocycles. The molecule has 0 aliphatic heterocycles. The molecule has 5 rings (SSSR count). The predicted octanol–water partition coefficient (Wildman–Crippen LogP) is 6.39. The summed E-state index contributed by atoms with van der Waals surface area (Å²) in [6, 6.07) is 26.4. The molecule has 0 radical (unpaired) electrons. The fraction of sp³-hybridized carbons (Fsp3) is 0.138. The van der Waals surface area contributed by atoms with Gasteiger partial charge in [-0.15, -0.1) is 11.8 Å². The van der Waals surface area contributed by atoms with Gasteiger partial charge in [0.05, 0.1) is 23.2 Å². The highest BCUT2D eigenvalue weighted by atomic mass is 32.2. The van der Waals surface area contributed by atoms with E-state index < -0.39 is 5.97 Å². The van der Waals surface area contributed by atoms with Crippen molar-refractivity contribution in [2.24, 2.45) is 0 Å². The van der Waals surface area contributed by atoms with Crippen molar-refractivity contribution in [1.29, 1.82) is 0 Å². The number of esters is 1. The van der Waals surface area contributed by atoms with Gasteiger partial charge in [0, 0.05) is 27.7 Å². The van der Waals surface area contributed by atoms with Gasteiger partial charge < -0.3 is 13.9 Å². The van der Waals surface area contributed by atoms with Gasteiger partial charge in [-0.3, -0.25) is 4.79 Å². The molecule has 0 unspecified atom stereocenters. The second-order valence-corrected chi connectivity index (χ2v) is 9.08. The molecule has 0 N–H and O–H groups in total. The highest BCUT2D eigenvalue weighted by Gasteiger charge is 2.15. The molecule has 6 nitrogen and oxygen atoms in total. The standard InChI is InChI=1S/C29H23NO5S/c1-2-33-29(32)27-16-26(31)24-8-5-7-20(28(24)35-27)18-36-23-14-12-22(13-15-23)34-17-21-11-10-19-6-3-4-9-25(19)30-21/h3-16H,2,17-18H2,1H3. The third kappa shape index (κ3) is 5.26. The van der Waals surface area contributed by atoms with E-state index >= 15 is 0 Å². The minimum absolute atomic E-state index is 0.0887. The first-order valence-corrected chi connectivity index (χ1v) is 12.5. The number of aromatic nitrogens is 1. The van der Waals surface area contributed by atoms with Gasteiger partial charge in [-0.2, -0.15) is 0 Å². The Morgan fingerprint density at radius 1 is 0.972 bits per heavy atom. The predicted molar refractivity (Wildman–Crippen MR) is 141 cm³/mol. The van der Waals surface area contributed by atoms with Crippen LogP contribution < -0.4 is 10.2 Å². The zero-order valence-corrected chi connectivity index (χ0v) is 20.4. The molecule has 180 valence electrons. The molecule has 0 spiro atoms. The smallest absolute Gasteiger partial charge is 0.374 e. The Hall–Kier alpha value is -4.10. The lowest BCUT2D eigenvalue weighted by Crippen LogP contribution is -2.10. The number of carbonyl (C=O) groups is 1. The molecule has 2 aromatic heterocycles. The third-order valence-electron chi connectivity index (χ3n) is 5.57. The lowest BCUT2D eigenvalue weighted by molar-refractivity contribution is 0.0490. The fourth-order valence-electron chi connectivity index (χ4n) is 3.79. The summed E-state index contributed by atoms with van der Waals surface area (Å²) in [5.41, 5.74) is 2.77. The van der Waals surface area contributed by atoms with Gasteiger partial charge in [-0.1, -0.05) is 36.4 Å². The number of hydrogen-bond acceptors (Lipinski definition) is 7. The molecular weight excluding hydrogens is 474 g/mol. The Balaban J connectivity index is 1.26. The van der Waals surface area contributed by atoms with E-state index in [0.717, 1.165) is 32.8 Å². The van der Waals surface area contributed by atoms with E-state index in [4.69, 9.17) is 13.9 Å². The number of rotatable bonds is 8. The number of benzene rings is 3. The maximum Gasteiger partial charge on any atom is 0.374 e. The second-order valence-electron chi connectivity index (χ2n) is 8.03. The Labute approximate surface area is 211 Å². The lowest BCUT2D eigenvalue weighted by atomic mass is 10.1. The van der Waals surface area contributed by atoms with Crippen molar-refractivity contribution < 1.29 is 18.7 Å². The number of ether oxygens (including phenoxy) is 2. The molecule has 0 aliphatic rings. The molecule has 0 fully saturated rings. The van der Waals surface area contributed by atoms with Gasteiger partial charge in [0.25, 0.3) is 0 Å². The zero-order valence-electron chi connectivity index (χ0n) is 19.6. The van der Waals surface area contributed by atoms with Crippen molar-refractivity contribution in [3.63, 3.8) is 0 Å². The van der Waals surface area contributed by atoms with Crippen molar-refractivity contribution in [3.8, 4) is 5.75 Å². The van der Waals surface area contributed by atoms with Crippen LogP contribution in [-0.4, -0.2) is 17.6 Å². The molecule has 5 aromatic rings. The van der Waals surface area contributed by atoms with Crippen LogP contribution in [0.2, 0.25) is 0 Å². The summed E-state index contributed by atoms with van der Waals surface area (Å²) in [7, 11) is 0. The highest BCUT2D eigenvalue weighted by molar-refractivity contribution is 7.98. The number of thioether (sulfide) groups is 1. The topological polar surface area (TPSA) is 78.6 Å². The van der Waals surface area contributed by atoms with Gasteiger partial charge >= 0.3 is 5.97 Å². The molecule has 7 heteroatoms.